The first-order chi connectivity index (χ1) is 13.9. The van der Waals surface area contributed by atoms with Crippen LogP contribution >= 0.6 is 21.9 Å². The third-order valence-electron chi connectivity index (χ3n) is 3.92. The number of ether oxygens (including phenoxy) is 1. The largest absolute Gasteiger partial charge is 0.444 e. The van der Waals surface area contributed by atoms with Gasteiger partial charge in [0.25, 0.3) is 5.56 Å². The molecule has 20 heteroatoms. The fourth-order valence-electron chi connectivity index (χ4n) is 2.35. The molecule has 0 amide bonds. The quantitative estimate of drug-likeness (QED) is 0.292. The minimum Gasteiger partial charge on any atom is -0.349 e. The molecule has 1 aromatic heterocycles. The van der Waals surface area contributed by atoms with Crippen molar-refractivity contribution in [1.82, 2.24) is 9.55 Å². The second-order valence-electron chi connectivity index (χ2n) is 6.28. The molecule has 178 valence electrons. The Hall–Kier alpha value is -0.700. The third kappa shape index (κ3) is 5.81. The maximum absolute atomic E-state index is 14.2. The van der Waals surface area contributed by atoms with Crippen LogP contribution in [0.25, 0.3) is 0 Å². The van der Waals surface area contributed by atoms with Gasteiger partial charge in [-0.1, -0.05) is 0 Å². The number of rotatable bonds is 8. The first kappa shape index (κ1) is 26.6. The summed E-state index contributed by atoms with van der Waals surface area (Å²) in [5.74, 6) is 0. The van der Waals surface area contributed by atoms with Crippen LogP contribution in [-0.2, 0) is 34.5 Å². The molecule has 1 saturated heterocycles. The number of hydrogen-bond acceptors (Lipinski definition) is 8. The molecular formula is C11H16F3N2O11P3S. The third-order valence-corrected chi connectivity index (χ3v) is 9.95. The second-order valence-corrected chi connectivity index (χ2v) is 13.1. The lowest BCUT2D eigenvalue weighted by Crippen LogP contribution is -2.33. The van der Waals surface area contributed by atoms with Crippen LogP contribution in [0.3, 0.4) is 0 Å². The van der Waals surface area contributed by atoms with E-state index in [0.29, 0.717) is 0 Å². The molecule has 13 nitrogen and oxygen atoms in total. The van der Waals surface area contributed by atoms with Gasteiger partial charge in [0.05, 0.1) is 6.61 Å². The molecule has 2 rings (SSSR count). The van der Waals surface area contributed by atoms with Crippen molar-refractivity contribution >= 4 is 33.7 Å². The van der Waals surface area contributed by atoms with Gasteiger partial charge in [-0.15, -0.1) is 0 Å². The second kappa shape index (κ2) is 8.92. The summed E-state index contributed by atoms with van der Waals surface area (Å²) < 4.78 is 77.7. The van der Waals surface area contributed by atoms with Gasteiger partial charge in [-0.25, -0.2) is 13.5 Å². The van der Waals surface area contributed by atoms with E-state index in [1.165, 1.54) is 6.92 Å². The molecule has 1 aliphatic heterocycles. The van der Waals surface area contributed by atoms with E-state index < -0.39 is 70.1 Å². The average molecular weight is 534 g/mol. The lowest BCUT2D eigenvalue weighted by molar-refractivity contribution is -0.0326. The van der Waals surface area contributed by atoms with Crippen LogP contribution in [0.4, 0.5) is 13.2 Å². The van der Waals surface area contributed by atoms with Crippen molar-refractivity contribution in [3.8, 4) is 0 Å². The smallest absolute Gasteiger partial charge is 0.349 e. The maximum atomic E-state index is 14.2. The van der Waals surface area contributed by atoms with Crippen LogP contribution in [-0.4, -0.2) is 53.4 Å². The molecule has 1 fully saturated rings. The maximum Gasteiger partial charge on any atom is 0.444 e. The van der Waals surface area contributed by atoms with E-state index in [2.05, 4.69) is 20.6 Å². The SMILES string of the molecule is Cc1cn([C@H]2C[C@H](F)[C@@H](COP(O)(=S)OP(=O)(O)C(F)(F)P(=O)(O)O)O2)c(=O)[nH]c1=O. The molecule has 2 heterocycles. The summed E-state index contributed by atoms with van der Waals surface area (Å²) in [4.78, 5) is 61.1. The minimum absolute atomic E-state index is 0.113. The van der Waals surface area contributed by atoms with Crippen LogP contribution < -0.4 is 11.2 Å². The normalized spacial score (nSPS) is 26.4. The van der Waals surface area contributed by atoms with Crippen LogP contribution in [0.5, 0.6) is 0 Å². The van der Waals surface area contributed by atoms with E-state index in [-0.39, 0.29) is 5.56 Å². The summed E-state index contributed by atoms with van der Waals surface area (Å²) in [6.45, 7) is -4.66. The van der Waals surface area contributed by atoms with Gasteiger partial charge in [0, 0.05) is 18.2 Å². The predicted molar refractivity (Wildman–Crippen MR) is 99.8 cm³/mol. The van der Waals surface area contributed by atoms with E-state index >= 15 is 0 Å². The first-order valence-electron chi connectivity index (χ1n) is 7.94. The highest BCUT2D eigenvalue weighted by molar-refractivity contribution is 8.08. The minimum atomic E-state index is -6.53. The Labute approximate surface area is 175 Å². The van der Waals surface area contributed by atoms with Crippen LogP contribution in [0, 0.1) is 6.92 Å². The zero-order valence-corrected chi connectivity index (χ0v) is 18.7. The van der Waals surface area contributed by atoms with Crippen LogP contribution in [0.1, 0.15) is 18.2 Å². The number of alkyl halides is 3. The predicted octanol–water partition coefficient (Wildman–Crippen LogP) is 0.634. The molecule has 0 radical (unpaired) electrons. The molecule has 0 bridgehead atoms. The molecule has 5 atom stereocenters. The average Bonchev–Trinajstić information content (AvgIpc) is 2.95. The number of halogens is 3. The molecule has 5 N–H and O–H groups in total. The Kier molecular flexibility index (Phi) is 7.64. The number of H-pyrrole nitrogens is 1. The number of aromatic nitrogens is 2. The van der Waals surface area contributed by atoms with E-state index in [0.717, 1.165) is 10.8 Å². The zero-order valence-electron chi connectivity index (χ0n) is 15.2. The fraction of sp³-hybridized carbons (Fsp3) is 0.636. The van der Waals surface area contributed by atoms with E-state index in [4.69, 9.17) is 19.4 Å². The van der Waals surface area contributed by atoms with Crippen molar-refractivity contribution in [1.29, 1.82) is 0 Å². The van der Waals surface area contributed by atoms with Crippen molar-refractivity contribution in [2.75, 3.05) is 6.61 Å². The number of aromatic amines is 1. The molecule has 0 aliphatic carbocycles. The molecule has 0 spiro atoms. The molecule has 0 aromatic carbocycles. The van der Waals surface area contributed by atoms with Gasteiger partial charge in [-0.2, -0.15) is 8.78 Å². The van der Waals surface area contributed by atoms with Gasteiger partial charge < -0.3 is 28.8 Å². The summed E-state index contributed by atoms with van der Waals surface area (Å²) in [5.41, 5.74) is -1.47. The highest BCUT2D eigenvalue weighted by Crippen LogP contribution is 2.77. The van der Waals surface area contributed by atoms with E-state index in [1.54, 1.807) is 0 Å². The highest BCUT2D eigenvalue weighted by atomic mass is 32.5. The topological polar surface area (TPSA) is 198 Å². The van der Waals surface area contributed by atoms with Crippen LogP contribution in [0.2, 0.25) is 0 Å². The Morgan fingerprint density at radius 1 is 1.32 bits per heavy atom. The fourth-order valence-corrected chi connectivity index (χ4v) is 7.03. The Bertz CT molecular complexity index is 1100. The molecule has 31 heavy (non-hydrogen) atoms. The summed E-state index contributed by atoms with van der Waals surface area (Å²) >= 11 is 4.26. The number of hydrogen-bond donors (Lipinski definition) is 5. The lowest BCUT2D eigenvalue weighted by atomic mass is 10.2. The number of aryl methyl sites for hydroxylation is 1. The molecule has 1 aliphatic rings. The molecule has 1 aromatic rings. The zero-order chi connectivity index (χ0) is 24.0. The van der Waals surface area contributed by atoms with Gasteiger partial charge in [-0.3, -0.25) is 23.5 Å². The van der Waals surface area contributed by atoms with Crippen molar-refractivity contribution in [2.24, 2.45) is 0 Å². The number of nitrogens with one attached hydrogen (secondary N) is 1. The van der Waals surface area contributed by atoms with Crippen molar-refractivity contribution < 1.29 is 55.4 Å². The standard InChI is InChI=1S/C11H16F3N2O11P3S/c1-5-3-16(10(18)15-9(5)17)8-2-6(12)7(26-8)4-25-30(24,31)27-29(22,23)11(13,14)28(19,20)21/h3,6-8H,2,4H2,1H3,(H,22,23)(H,24,31)(H,15,17,18)(H2,19,20,21)/t6-,7+,8+,30?/m0/s1. The van der Waals surface area contributed by atoms with Crippen molar-refractivity contribution in [3.63, 3.8) is 0 Å². The van der Waals surface area contributed by atoms with E-state index in [1.807, 2.05) is 4.98 Å². The summed E-state index contributed by atoms with van der Waals surface area (Å²) in [6.07, 6.45) is -3.96. The summed E-state index contributed by atoms with van der Waals surface area (Å²) in [6, 6.07) is 0. The number of nitrogens with zero attached hydrogens (tertiary/aromatic N) is 1. The van der Waals surface area contributed by atoms with Crippen molar-refractivity contribution in [2.45, 2.75) is 37.3 Å². The van der Waals surface area contributed by atoms with Gasteiger partial charge in [0.15, 0.2) is 0 Å². The van der Waals surface area contributed by atoms with Crippen molar-refractivity contribution in [3.05, 3.63) is 32.6 Å². The van der Waals surface area contributed by atoms with Crippen LogP contribution in [0.15, 0.2) is 15.8 Å². The Morgan fingerprint density at radius 2 is 1.90 bits per heavy atom. The lowest BCUT2D eigenvalue weighted by Gasteiger charge is -2.26. The first-order valence-corrected chi connectivity index (χ1v) is 13.7. The van der Waals surface area contributed by atoms with Gasteiger partial charge in [0.2, 0.25) is 0 Å². The Balaban J connectivity index is 2.09. The van der Waals surface area contributed by atoms with Gasteiger partial charge in [-0.05, 0) is 18.7 Å². The molecule has 2 unspecified atom stereocenters. The molecular weight excluding hydrogens is 518 g/mol. The Morgan fingerprint density at radius 3 is 2.45 bits per heavy atom. The van der Waals surface area contributed by atoms with Gasteiger partial charge in [0.1, 0.15) is 18.5 Å². The molecule has 0 saturated carbocycles. The summed E-state index contributed by atoms with van der Waals surface area (Å²) in [5, 5.41) is -5.60. The van der Waals surface area contributed by atoms with Gasteiger partial charge >= 0.3 is 33.0 Å². The highest BCUT2D eigenvalue weighted by Gasteiger charge is 2.66. The van der Waals surface area contributed by atoms with E-state index in [9.17, 15) is 36.8 Å². The monoisotopic (exact) mass is 534 g/mol. The summed E-state index contributed by atoms with van der Waals surface area (Å²) in [7, 11) is -13.0.